The van der Waals surface area contributed by atoms with E-state index in [9.17, 15) is 24.3 Å². The second kappa shape index (κ2) is 9.91. The Hall–Kier alpha value is -4.51. The minimum absolute atomic E-state index is 0.0135. The highest BCUT2D eigenvalue weighted by molar-refractivity contribution is 5.99. The maximum atomic E-state index is 15.3. The number of carbonyl (C=O) groups excluding carboxylic acids is 1. The van der Waals surface area contributed by atoms with E-state index in [0.717, 1.165) is 18.9 Å². The zero-order valence-corrected chi connectivity index (χ0v) is 21.7. The number of ether oxygens (including phenoxy) is 1. The molecule has 2 aliphatic rings. The number of pyridine rings is 1. The summed E-state index contributed by atoms with van der Waals surface area (Å²) in [6.45, 7) is 1.75. The van der Waals surface area contributed by atoms with Gasteiger partial charge in [-0.1, -0.05) is 0 Å². The van der Waals surface area contributed by atoms with Gasteiger partial charge in [0.25, 0.3) is 0 Å². The predicted molar refractivity (Wildman–Crippen MR) is 145 cm³/mol. The van der Waals surface area contributed by atoms with E-state index in [1.807, 2.05) is 9.80 Å². The first kappa shape index (κ1) is 25.8. The SMILES string of the molecule is COc1ccc2cc(C(=O)CN3CCN(c4cc5c(cc4F)c(=O)c(C(=O)O)cn5C4CC4)CC3)c(=O)oc2c1. The third kappa shape index (κ3) is 4.62. The summed E-state index contributed by atoms with van der Waals surface area (Å²) in [6.07, 6.45) is 3.08. The summed E-state index contributed by atoms with van der Waals surface area (Å²) in [5.41, 5.74) is -0.656. The number of rotatable bonds is 7. The fourth-order valence-electron chi connectivity index (χ4n) is 5.26. The molecule has 1 aliphatic heterocycles. The van der Waals surface area contributed by atoms with Gasteiger partial charge in [-0.2, -0.15) is 0 Å². The number of ketones is 1. The molecule has 1 aliphatic carbocycles. The highest BCUT2D eigenvalue weighted by Crippen LogP contribution is 2.38. The van der Waals surface area contributed by atoms with E-state index in [1.165, 1.54) is 19.4 Å². The van der Waals surface area contributed by atoms with E-state index in [2.05, 4.69) is 0 Å². The van der Waals surface area contributed by atoms with E-state index in [-0.39, 0.29) is 34.9 Å². The molecule has 0 radical (unpaired) electrons. The molecular weight excluding hydrogens is 521 g/mol. The number of hydrogen-bond acceptors (Lipinski definition) is 8. The van der Waals surface area contributed by atoms with Crippen LogP contribution >= 0.6 is 0 Å². The van der Waals surface area contributed by atoms with Crippen molar-refractivity contribution in [3.63, 3.8) is 0 Å². The molecule has 0 spiro atoms. The van der Waals surface area contributed by atoms with Crippen LogP contribution in [0.5, 0.6) is 5.75 Å². The number of carboxylic acid groups (broad SMARTS) is 1. The summed E-state index contributed by atoms with van der Waals surface area (Å²) >= 11 is 0. The maximum Gasteiger partial charge on any atom is 0.347 e. The molecule has 4 aromatic rings. The van der Waals surface area contributed by atoms with Crippen LogP contribution in [0.15, 0.2) is 56.6 Å². The number of anilines is 1. The molecular formula is C29H26FN3O7. The molecule has 3 heterocycles. The van der Waals surface area contributed by atoms with Gasteiger partial charge in [-0.3, -0.25) is 14.5 Å². The summed E-state index contributed by atoms with van der Waals surface area (Å²) in [7, 11) is 1.51. The van der Waals surface area contributed by atoms with Crippen molar-refractivity contribution in [3.05, 3.63) is 80.2 Å². The molecule has 0 amide bonds. The van der Waals surface area contributed by atoms with Crippen LogP contribution in [-0.4, -0.2) is 66.2 Å². The molecule has 40 heavy (non-hydrogen) atoms. The third-order valence-corrected chi connectivity index (χ3v) is 7.60. The number of aromatic nitrogens is 1. The number of Topliss-reactive ketones (excluding diaryl/α,β-unsaturated/α-hetero) is 1. The minimum atomic E-state index is -1.34. The van der Waals surface area contributed by atoms with Crippen molar-refractivity contribution < 1.29 is 28.2 Å². The average molecular weight is 548 g/mol. The average Bonchev–Trinajstić information content (AvgIpc) is 3.78. The molecule has 1 N–H and O–H groups in total. The Bertz CT molecular complexity index is 1800. The number of piperazine rings is 1. The standard InChI is InChI=1S/C29H26FN3O7/c1-39-18-5-2-16-10-20(29(38)40-26(16)11-18)25(34)15-31-6-8-32(9-7-31)24-13-23-19(12-22(24)30)27(35)21(28(36)37)14-33(23)17-3-4-17/h2,5,10-14,17H,3-4,6-9,15H2,1H3,(H,36,37). The molecule has 10 nitrogen and oxygen atoms in total. The lowest BCUT2D eigenvalue weighted by atomic mass is 10.1. The molecule has 11 heteroatoms. The minimum Gasteiger partial charge on any atom is -0.497 e. The highest BCUT2D eigenvalue weighted by Gasteiger charge is 2.29. The van der Waals surface area contributed by atoms with E-state index < -0.39 is 22.8 Å². The topological polar surface area (TPSA) is 122 Å². The predicted octanol–water partition coefficient (Wildman–Crippen LogP) is 3.29. The van der Waals surface area contributed by atoms with E-state index in [1.54, 1.807) is 28.8 Å². The number of fused-ring (bicyclic) bond motifs is 2. The monoisotopic (exact) mass is 547 g/mol. The van der Waals surface area contributed by atoms with Gasteiger partial charge in [0.15, 0.2) is 5.78 Å². The Morgan fingerprint density at radius 2 is 1.80 bits per heavy atom. The van der Waals surface area contributed by atoms with Crippen LogP contribution in [0.4, 0.5) is 10.1 Å². The van der Waals surface area contributed by atoms with Gasteiger partial charge >= 0.3 is 11.6 Å². The molecule has 2 aromatic carbocycles. The van der Waals surface area contributed by atoms with Gasteiger partial charge in [0, 0.05) is 55.3 Å². The lowest BCUT2D eigenvalue weighted by Gasteiger charge is -2.36. The quantitative estimate of drug-likeness (QED) is 0.274. The van der Waals surface area contributed by atoms with Crippen molar-refractivity contribution in [1.29, 1.82) is 0 Å². The number of methoxy groups -OCH3 is 1. The van der Waals surface area contributed by atoms with Crippen LogP contribution < -0.4 is 20.7 Å². The van der Waals surface area contributed by atoms with Crippen molar-refractivity contribution in [3.8, 4) is 5.75 Å². The van der Waals surface area contributed by atoms with Crippen LogP contribution in [0.25, 0.3) is 21.9 Å². The number of carbonyl (C=O) groups is 2. The second-order valence-electron chi connectivity index (χ2n) is 10.2. The maximum absolute atomic E-state index is 15.3. The van der Waals surface area contributed by atoms with Crippen molar-refractivity contribution in [1.82, 2.24) is 9.47 Å². The zero-order chi connectivity index (χ0) is 28.1. The van der Waals surface area contributed by atoms with Crippen LogP contribution in [0, 0.1) is 5.82 Å². The Kier molecular flexibility index (Phi) is 6.38. The van der Waals surface area contributed by atoms with Crippen LogP contribution in [0.2, 0.25) is 0 Å². The van der Waals surface area contributed by atoms with Gasteiger partial charge in [0.1, 0.15) is 28.3 Å². The molecule has 2 aromatic heterocycles. The lowest BCUT2D eigenvalue weighted by Crippen LogP contribution is -2.48. The molecule has 2 fully saturated rings. The van der Waals surface area contributed by atoms with Crippen LogP contribution in [-0.2, 0) is 0 Å². The first-order chi connectivity index (χ1) is 19.2. The van der Waals surface area contributed by atoms with Gasteiger partial charge in [0.05, 0.1) is 24.9 Å². The van der Waals surface area contributed by atoms with Gasteiger partial charge in [0.2, 0.25) is 5.43 Å². The van der Waals surface area contributed by atoms with Crippen molar-refractivity contribution >= 4 is 39.3 Å². The van der Waals surface area contributed by atoms with Crippen molar-refractivity contribution in [2.75, 3.05) is 44.7 Å². The number of halogens is 1. The summed E-state index contributed by atoms with van der Waals surface area (Å²) < 4.78 is 27.5. The molecule has 0 atom stereocenters. The third-order valence-electron chi connectivity index (χ3n) is 7.60. The molecule has 1 saturated heterocycles. The van der Waals surface area contributed by atoms with Crippen molar-refractivity contribution in [2.24, 2.45) is 0 Å². The fourth-order valence-corrected chi connectivity index (χ4v) is 5.26. The van der Waals surface area contributed by atoms with Gasteiger partial charge in [-0.25, -0.2) is 14.0 Å². The lowest BCUT2D eigenvalue weighted by molar-refractivity contribution is 0.0694. The first-order valence-corrected chi connectivity index (χ1v) is 13.0. The number of hydrogen-bond donors (Lipinski definition) is 1. The van der Waals surface area contributed by atoms with Crippen LogP contribution in [0.3, 0.4) is 0 Å². The molecule has 0 bridgehead atoms. The number of benzene rings is 2. The normalized spacial score (nSPS) is 16.0. The second-order valence-corrected chi connectivity index (χ2v) is 10.2. The van der Waals surface area contributed by atoms with Crippen molar-refractivity contribution in [2.45, 2.75) is 18.9 Å². The smallest absolute Gasteiger partial charge is 0.347 e. The number of carboxylic acids is 1. The summed E-state index contributed by atoms with van der Waals surface area (Å²) in [6, 6.07) is 9.38. The first-order valence-electron chi connectivity index (χ1n) is 13.0. The number of aromatic carboxylic acids is 1. The fraction of sp³-hybridized carbons (Fsp3) is 0.310. The molecule has 206 valence electrons. The van der Waals surface area contributed by atoms with Gasteiger partial charge < -0.3 is 23.7 Å². The Labute approximate surface area is 226 Å². The van der Waals surface area contributed by atoms with E-state index >= 15 is 4.39 Å². The molecule has 1 saturated carbocycles. The van der Waals surface area contributed by atoms with Gasteiger partial charge in [-0.15, -0.1) is 0 Å². The molecule has 6 rings (SSSR count). The summed E-state index contributed by atoms with van der Waals surface area (Å²) in [5.74, 6) is -1.77. The van der Waals surface area contributed by atoms with E-state index in [0.29, 0.717) is 54.1 Å². The summed E-state index contributed by atoms with van der Waals surface area (Å²) in [5, 5.41) is 10.1. The Balaban J connectivity index is 1.20. The van der Waals surface area contributed by atoms with Crippen LogP contribution in [0.1, 0.15) is 39.6 Å². The largest absolute Gasteiger partial charge is 0.497 e. The summed E-state index contributed by atoms with van der Waals surface area (Å²) in [4.78, 5) is 53.6. The van der Waals surface area contributed by atoms with E-state index in [4.69, 9.17) is 9.15 Å². The Morgan fingerprint density at radius 3 is 2.48 bits per heavy atom. The van der Waals surface area contributed by atoms with Gasteiger partial charge in [-0.05, 0) is 43.2 Å². The highest BCUT2D eigenvalue weighted by atomic mass is 19.1. The zero-order valence-electron chi connectivity index (χ0n) is 21.7. The molecule has 0 unspecified atom stereocenters. The Morgan fingerprint density at radius 1 is 1.05 bits per heavy atom. The number of nitrogens with zero attached hydrogens (tertiary/aromatic N) is 3.